The molecule has 0 aliphatic rings. The maximum absolute atomic E-state index is 11.7. The molecule has 0 atom stereocenters. The summed E-state index contributed by atoms with van der Waals surface area (Å²) < 4.78 is 42.9. The molecule has 0 rings (SSSR count). The Hall–Kier alpha value is -0.430. The maximum Gasteiger partial charge on any atom is 0.454 e. The van der Waals surface area contributed by atoms with Crippen LogP contribution in [0, 0.1) is 0 Å². The molecule has 0 radical (unpaired) electrons. The second-order valence-electron chi connectivity index (χ2n) is 1.26. The van der Waals surface area contributed by atoms with Gasteiger partial charge in [0, 0.05) is 10.7 Å². The van der Waals surface area contributed by atoms with Crippen molar-refractivity contribution in [3.05, 3.63) is 0 Å². The Kier molecular flexibility index (Phi) is 2.21. The predicted octanol–water partition coefficient (Wildman–Crippen LogP) is 0.232. The van der Waals surface area contributed by atoms with Gasteiger partial charge in [-0.15, -0.1) is 0 Å². The van der Waals surface area contributed by atoms with Gasteiger partial charge in [0.2, 0.25) is 0 Å². The number of carboxylic acids is 1. The molecule has 4 nitrogen and oxygen atoms in total. The summed E-state index contributed by atoms with van der Waals surface area (Å²) in [6.45, 7) is 0. The van der Waals surface area contributed by atoms with Crippen molar-refractivity contribution in [1.29, 1.82) is 0 Å². The molecular formula is C2HClF2O4S. The third-order valence-corrected chi connectivity index (χ3v) is 1.92. The lowest BCUT2D eigenvalue weighted by molar-refractivity contribution is -0.153. The number of hydrogen-bond donors (Lipinski definition) is 1. The van der Waals surface area contributed by atoms with E-state index in [0.717, 1.165) is 0 Å². The first-order valence-corrected chi connectivity index (χ1v) is 4.06. The van der Waals surface area contributed by atoms with Crippen LogP contribution in [0.15, 0.2) is 0 Å². The Morgan fingerprint density at radius 1 is 1.50 bits per heavy atom. The Morgan fingerprint density at radius 2 is 1.80 bits per heavy atom. The van der Waals surface area contributed by atoms with Crippen molar-refractivity contribution in [3.63, 3.8) is 0 Å². The highest BCUT2D eigenvalue weighted by Gasteiger charge is 2.52. The fraction of sp³-hybridized carbons (Fsp3) is 0.500. The minimum Gasteiger partial charge on any atom is -0.476 e. The Morgan fingerprint density at radius 3 is 1.80 bits per heavy atom. The number of alkyl halides is 2. The number of hydrogen-bond acceptors (Lipinski definition) is 3. The smallest absolute Gasteiger partial charge is 0.454 e. The molecule has 8 heteroatoms. The lowest BCUT2D eigenvalue weighted by Crippen LogP contribution is -2.34. The normalized spacial score (nSPS) is 13.1. The van der Waals surface area contributed by atoms with Crippen LogP contribution < -0.4 is 0 Å². The summed E-state index contributed by atoms with van der Waals surface area (Å²) in [4.78, 5) is 9.45. The summed E-state index contributed by atoms with van der Waals surface area (Å²) >= 11 is 0. The first kappa shape index (κ1) is 9.57. The number of carbonyl (C=O) groups is 1. The molecule has 0 amide bonds. The van der Waals surface area contributed by atoms with Gasteiger partial charge in [0.15, 0.2) is 0 Å². The average molecular weight is 195 g/mol. The minimum absolute atomic E-state index is 2.79. The molecule has 0 aromatic rings. The summed E-state index contributed by atoms with van der Waals surface area (Å²) in [7, 11) is -1.30. The third-order valence-electron chi connectivity index (χ3n) is 0.555. The van der Waals surface area contributed by atoms with Crippen LogP contribution in [0.25, 0.3) is 0 Å². The van der Waals surface area contributed by atoms with E-state index in [-0.39, 0.29) is 0 Å². The van der Waals surface area contributed by atoms with E-state index < -0.39 is 20.3 Å². The van der Waals surface area contributed by atoms with E-state index in [4.69, 9.17) is 5.11 Å². The Bertz CT molecular complexity index is 244. The number of rotatable bonds is 2. The zero-order chi connectivity index (χ0) is 8.58. The van der Waals surface area contributed by atoms with Crippen LogP contribution in [0.5, 0.6) is 0 Å². The fourth-order valence-corrected chi connectivity index (χ4v) is 0.511. The van der Waals surface area contributed by atoms with E-state index >= 15 is 0 Å². The van der Waals surface area contributed by atoms with Crippen LogP contribution in [0.1, 0.15) is 0 Å². The molecule has 0 aliphatic carbocycles. The van der Waals surface area contributed by atoms with Gasteiger partial charge >= 0.3 is 20.3 Å². The van der Waals surface area contributed by atoms with Crippen LogP contribution in [0.3, 0.4) is 0 Å². The van der Waals surface area contributed by atoms with E-state index in [1.807, 2.05) is 0 Å². The van der Waals surface area contributed by atoms with Crippen molar-refractivity contribution in [2.24, 2.45) is 0 Å². The quantitative estimate of drug-likeness (QED) is 0.639. The molecular weight excluding hydrogens is 194 g/mol. The molecule has 0 aromatic heterocycles. The molecule has 0 saturated carbocycles. The van der Waals surface area contributed by atoms with Gasteiger partial charge in [-0.05, 0) is 0 Å². The molecule has 0 saturated heterocycles. The molecule has 1 N–H and O–H groups in total. The van der Waals surface area contributed by atoms with E-state index in [1.54, 1.807) is 0 Å². The largest absolute Gasteiger partial charge is 0.476 e. The first-order chi connectivity index (χ1) is 4.19. The topological polar surface area (TPSA) is 71.4 Å². The van der Waals surface area contributed by atoms with Crippen LogP contribution in [0.2, 0.25) is 0 Å². The standard InChI is InChI=1S/C2HClF2O4S/c3-10(8,9)2(4,5)1(6)7/h(H,6,7). The van der Waals surface area contributed by atoms with Crippen molar-refractivity contribution in [2.45, 2.75) is 5.25 Å². The van der Waals surface area contributed by atoms with Crippen LogP contribution in [0.4, 0.5) is 8.78 Å². The van der Waals surface area contributed by atoms with Crippen LogP contribution in [-0.4, -0.2) is 24.7 Å². The number of aliphatic carboxylic acids is 1. The van der Waals surface area contributed by atoms with Gasteiger partial charge in [0.05, 0.1) is 0 Å². The first-order valence-electron chi connectivity index (χ1n) is 1.75. The highest BCUT2D eigenvalue weighted by Crippen LogP contribution is 2.25. The predicted molar refractivity (Wildman–Crippen MR) is 27.4 cm³/mol. The van der Waals surface area contributed by atoms with Gasteiger partial charge in [-0.3, -0.25) is 0 Å². The van der Waals surface area contributed by atoms with Gasteiger partial charge in [-0.1, -0.05) is 0 Å². The highest BCUT2D eigenvalue weighted by atomic mass is 35.7. The molecule has 0 spiro atoms. The molecule has 0 bridgehead atoms. The highest BCUT2D eigenvalue weighted by molar-refractivity contribution is 8.15. The summed E-state index contributed by atoms with van der Waals surface area (Å²) in [5.41, 5.74) is 0. The second kappa shape index (κ2) is 2.31. The zero-order valence-electron chi connectivity index (χ0n) is 4.21. The third kappa shape index (κ3) is 1.54. The van der Waals surface area contributed by atoms with E-state index in [2.05, 4.69) is 10.7 Å². The van der Waals surface area contributed by atoms with Gasteiger partial charge in [-0.25, -0.2) is 13.2 Å². The Labute approximate surface area is 58.8 Å². The van der Waals surface area contributed by atoms with Crippen molar-refractivity contribution in [2.75, 3.05) is 0 Å². The van der Waals surface area contributed by atoms with Crippen LogP contribution in [-0.2, 0) is 13.8 Å². The van der Waals surface area contributed by atoms with Crippen molar-refractivity contribution >= 4 is 25.7 Å². The summed E-state index contributed by atoms with van der Waals surface area (Å²) in [5, 5.41) is 2.66. The summed E-state index contributed by atoms with van der Waals surface area (Å²) in [6, 6.07) is 0. The van der Waals surface area contributed by atoms with Crippen molar-refractivity contribution in [1.82, 2.24) is 0 Å². The summed E-state index contributed by atoms with van der Waals surface area (Å²) in [5.74, 6) is -2.79. The SMILES string of the molecule is O=C(O)C(F)(F)S(=O)(=O)Cl. The second-order valence-corrected chi connectivity index (χ2v) is 3.87. The molecule has 0 unspecified atom stereocenters. The molecule has 0 heterocycles. The number of carboxylic acid groups (broad SMARTS) is 1. The average Bonchev–Trinajstić information content (AvgIpc) is 1.62. The molecule has 0 aromatic carbocycles. The van der Waals surface area contributed by atoms with Gasteiger partial charge < -0.3 is 5.11 Å². The fourth-order valence-electron chi connectivity index (χ4n) is 0.104. The minimum atomic E-state index is -5.36. The molecule has 10 heavy (non-hydrogen) atoms. The van der Waals surface area contributed by atoms with Crippen molar-refractivity contribution < 1.29 is 27.1 Å². The molecule has 0 aliphatic heterocycles. The van der Waals surface area contributed by atoms with E-state index in [1.165, 1.54) is 0 Å². The van der Waals surface area contributed by atoms with Crippen molar-refractivity contribution in [3.8, 4) is 0 Å². The van der Waals surface area contributed by atoms with Gasteiger partial charge in [0.1, 0.15) is 0 Å². The number of halogens is 3. The van der Waals surface area contributed by atoms with Crippen LogP contribution >= 0.6 is 10.7 Å². The molecule has 0 fully saturated rings. The lowest BCUT2D eigenvalue weighted by Gasteiger charge is -2.04. The maximum atomic E-state index is 11.7. The zero-order valence-corrected chi connectivity index (χ0v) is 5.79. The monoisotopic (exact) mass is 194 g/mol. The molecule has 60 valence electrons. The Balaban J connectivity index is 4.95. The van der Waals surface area contributed by atoms with Gasteiger partial charge in [-0.2, -0.15) is 8.78 Å². The van der Waals surface area contributed by atoms with E-state index in [0.29, 0.717) is 0 Å². The van der Waals surface area contributed by atoms with Gasteiger partial charge in [0.25, 0.3) is 0 Å². The lowest BCUT2D eigenvalue weighted by atomic mass is 10.7. The van der Waals surface area contributed by atoms with E-state index in [9.17, 15) is 22.0 Å². The summed E-state index contributed by atoms with van der Waals surface area (Å²) in [6.07, 6.45) is 0.